The molecule has 0 aliphatic rings. The van der Waals surface area contributed by atoms with Crippen LogP contribution in [0.1, 0.15) is 25.7 Å². The molecule has 29 heavy (non-hydrogen) atoms. The molecule has 4 rings (SSSR count). The minimum Gasteiger partial charge on any atom is -0.350 e. The fourth-order valence-electron chi connectivity index (χ4n) is 3.30. The Morgan fingerprint density at radius 1 is 1.07 bits per heavy atom. The van der Waals surface area contributed by atoms with E-state index < -0.39 is 0 Å². The number of amides is 1. The van der Waals surface area contributed by atoms with Crippen LogP contribution in [0.3, 0.4) is 0 Å². The van der Waals surface area contributed by atoms with E-state index in [4.69, 9.17) is 0 Å². The molecule has 0 aliphatic carbocycles. The average molecular weight is 407 g/mol. The summed E-state index contributed by atoms with van der Waals surface area (Å²) in [7, 11) is 0. The number of imidazole rings is 1. The van der Waals surface area contributed by atoms with Gasteiger partial charge in [-0.05, 0) is 43.7 Å². The summed E-state index contributed by atoms with van der Waals surface area (Å²) in [5, 5.41) is 2.89. The molecule has 4 aromatic rings. The number of carbonyl (C=O) groups is 1. The first kappa shape index (κ1) is 19.1. The van der Waals surface area contributed by atoms with E-state index in [1.807, 2.05) is 62.4 Å². The molecule has 1 amide bonds. The van der Waals surface area contributed by atoms with Crippen LogP contribution in [0.2, 0.25) is 0 Å². The third-order valence-corrected chi connectivity index (χ3v) is 5.82. The SMILES string of the molecule is Cc1ccc(Cn2c(=O)n(CCNC(=O)c3ccc(C)s3)c3ncccc32)cc1. The number of fused-ring (bicyclic) bond motifs is 1. The molecule has 0 unspecified atom stereocenters. The van der Waals surface area contributed by atoms with Gasteiger partial charge in [-0.3, -0.25) is 13.9 Å². The third-order valence-electron chi connectivity index (χ3n) is 4.82. The van der Waals surface area contributed by atoms with Gasteiger partial charge in [0.2, 0.25) is 0 Å². The van der Waals surface area contributed by atoms with E-state index in [9.17, 15) is 9.59 Å². The molecule has 0 atom stereocenters. The van der Waals surface area contributed by atoms with Crippen molar-refractivity contribution >= 4 is 28.4 Å². The second kappa shape index (κ2) is 8.05. The Labute approximate surface area is 172 Å². The molecule has 0 fully saturated rings. The van der Waals surface area contributed by atoms with Crippen molar-refractivity contribution in [3.05, 3.63) is 86.1 Å². The monoisotopic (exact) mass is 406 g/mol. The van der Waals surface area contributed by atoms with Gasteiger partial charge >= 0.3 is 5.69 Å². The summed E-state index contributed by atoms with van der Waals surface area (Å²) in [6.07, 6.45) is 1.68. The van der Waals surface area contributed by atoms with Gasteiger partial charge in [0, 0.05) is 24.2 Å². The fraction of sp³-hybridized carbons (Fsp3) is 0.227. The Morgan fingerprint density at radius 3 is 2.59 bits per heavy atom. The van der Waals surface area contributed by atoms with Gasteiger partial charge in [0.1, 0.15) is 0 Å². The standard InChI is InChI=1S/C22H22N4O2S/c1-15-5-8-17(9-6-15)14-26-18-4-3-11-23-20(18)25(22(26)28)13-12-24-21(27)19-10-7-16(2)29-19/h3-11H,12-14H2,1-2H3,(H,24,27). The van der Waals surface area contributed by atoms with Gasteiger partial charge < -0.3 is 5.32 Å². The van der Waals surface area contributed by atoms with E-state index in [1.54, 1.807) is 15.3 Å². The van der Waals surface area contributed by atoms with Gasteiger partial charge in [-0.25, -0.2) is 9.78 Å². The molecule has 0 spiro atoms. The van der Waals surface area contributed by atoms with E-state index in [-0.39, 0.29) is 11.6 Å². The molecule has 0 saturated heterocycles. The predicted molar refractivity (Wildman–Crippen MR) is 116 cm³/mol. The summed E-state index contributed by atoms with van der Waals surface area (Å²) >= 11 is 1.46. The van der Waals surface area contributed by atoms with Crippen molar-refractivity contribution in [3.8, 4) is 0 Å². The number of pyridine rings is 1. The van der Waals surface area contributed by atoms with E-state index >= 15 is 0 Å². The highest BCUT2D eigenvalue weighted by atomic mass is 32.1. The number of hydrogen-bond acceptors (Lipinski definition) is 4. The fourth-order valence-corrected chi connectivity index (χ4v) is 4.09. The van der Waals surface area contributed by atoms with Crippen LogP contribution in [-0.2, 0) is 13.1 Å². The third kappa shape index (κ3) is 4.00. The number of thiophene rings is 1. The minimum absolute atomic E-state index is 0.118. The molecule has 148 valence electrons. The average Bonchev–Trinajstić information content (AvgIpc) is 3.26. The maximum Gasteiger partial charge on any atom is 0.330 e. The molecule has 6 nitrogen and oxygen atoms in total. The Kier molecular flexibility index (Phi) is 5.31. The lowest BCUT2D eigenvalue weighted by molar-refractivity contribution is 0.0956. The van der Waals surface area contributed by atoms with Gasteiger partial charge in [0.05, 0.1) is 16.9 Å². The molecule has 0 radical (unpaired) electrons. The summed E-state index contributed by atoms with van der Waals surface area (Å²) < 4.78 is 3.36. The number of benzene rings is 1. The van der Waals surface area contributed by atoms with Gasteiger partial charge in [0.15, 0.2) is 5.65 Å². The first-order valence-corrected chi connectivity index (χ1v) is 10.3. The Morgan fingerprint density at radius 2 is 1.86 bits per heavy atom. The summed E-state index contributed by atoms with van der Waals surface area (Å²) in [5.41, 5.74) is 3.54. The van der Waals surface area contributed by atoms with Gasteiger partial charge in [0.25, 0.3) is 5.91 Å². The van der Waals surface area contributed by atoms with Crippen molar-refractivity contribution in [2.24, 2.45) is 0 Å². The Hall–Kier alpha value is -3.19. The predicted octanol–water partition coefficient (Wildman–Crippen LogP) is 3.35. The van der Waals surface area contributed by atoms with Crippen molar-refractivity contribution in [1.29, 1.82) is 0 Å². The highest BCUT2D eigenvalue weighted by Gasteiger charge is 2.15. The van der Waals surface area contributed by atoms with Crippen molar-refractivity contribution in [1.82, 2.24) is 19.4 Å². The number of aryl methyl sites for hydroxylation is 2. The lowest BCUT2D eigenvalue weighted by Gasteiger charge is -2.05. The van der Waals surface area contributed by atoms with Gasteiger partial charge in [-0.1, -0.05) is 29.8 Å². The molecule has 0 aliphatic heterocycles. The molecule has 0 saturated carbocycles. The maximum absolute atomic E-state index is 13.1. The number of carbonyl (C=O) groups excluding carboxylic acids is 1. The summed E-state index contributed by atoms with van der Waals surface area (Å²) in [4.78, 5) is 31.5. The highest BCUT2D eigenvalue weighted by Crippen LogP contribution is 2.15. The number of nitrogens with zero attached hydrogens (tertiary/aromatic N) is 3. The minimum atomic E-state index is -0.125. The van der Waals surface area contributed by atoms with Gasteiger partial charge in [-0.2, -0.15) is 0 Å². The molecular formula is C22H22N4O2S. The molecule has 0 bridgehead atoms. The van der Waals surface area contributed by atoms with Crippen molar-refractivity contribution < 1.29 is 4.79 Å². The molecule has 1 N–H and O–H groups in total. The Bertz CT molecular complexity index is 1220. The normalized spacial score (nSPS) is 11.1. The number of nitrogens with one attached hydrogen (secondary N) is 1. The maximum atomic E-state index is 13.1. The van der Waals surface area contributed by atoms with Crippen LogP contribution in [0, 0.1) is 13.8 Å². The van der Waals surface area contributed by atoms with Crippen molar-refractivity contribution in [3.63, 3.8) is 0 Å². The molecule has 3 aromatic heterocycles. The highest BCUT2D eigenvalue weighted by molar-refractivity contribution is 7.13. The first-order valence-electron chi connectivity index (χ1n) is 9.47. The van der Waals surface area contributed by atoms with Crippen LogP contribution in [0.25, 0.3) is 11.2 Å². The Balaban J connectivity index is 1.56. The number of hydrogen-bond donors (Lipinski definition) is 1. The molecule has 1 aromatic carbocycles. The van der Waals surface area contributed by atoms with Crippen molar-refractivity contribution in [2.75, 3.05) is 6.54 Å². The summed E-state index contributed by atoms with van der Waals surface area (Å²) in [6, 6.07) is 15.6. The topological polar surface area (TPSA) is 68.9 Å². The number of rotatable bonds is 6. The lowest BCUT2D eigenvalue weighted by Crippen LogP contribution is -2.31. The molecular weight excluding hydrogens is 384 g/mol. The van der Waals surface area contributed by atoms with Crippen LogP contribution in [-0.4, -0.2) is 26.6 Å². The largest absolute Gasteiger partial charge is 0.350 e. The van der Waals surface area contributed by atoms with E-state index in [0.29, 0.717) is 30.2 Å². The first-order chi connectivity index (χ1) is 14.0. The number of aromatic nitrogens is 3. The van der Waals surface area contributed by atoms with Crippen LogP contribution < -0.4 is 11.0 Å². The second-order valence-electron chi connectivity index (χ2n) is 7.02. The zero-order valence-corrected chi connectivity index (χ0v) is 17.2. The smallest absolute Gasteiger partial charge is 0.330 e. The van der Waals surface area contributed by atoms with E-state index in [0.717, 1.165) is 16.0 Å². The van der Waals surface area contributed by atoms with E-state index in [2.05, 4.69) is 10.3 Å². The molecule has 7 heteroatoms. The summed E-state index contributed by atoms with van der Waals surface area (Å²) in [6.45, 7) is 5.21. The quantitative estimate of drug-likeness (QED) is 0.534. The van der Waals surface area contributed by atoms with Gasteiger partial charge in [-0.15, -0.1) is 11.3 Å². The zero-order valence-electron chi connectivity index (χ0n) is 16.4. The zero-order chi connectivity index (χ0) is 20.4. The van der Waals surface area contributed by atoms with Crippen LogP contribution in [0.5, 0.6) is 0 Å². The molecule has 3 heterocycles. The van der Waals surface area contributed by atoms with Crippen LogP contribution >= 0.6 is 11.3 Å². The van der Waals surface area contributed by atoms with E-state index in [1.165, 1.54) is 16.9 Å². The van der Waals surface area contributed by atoms with Crippen molar-refractivity contribution in [2.45, 2.75) is 26.9 Å². The second-order valence-corrected chi connectivity index (χ2v) is 8.31. The summed E-state index contributed by atoms with van der Waals surface area (Å²) in [5.74, 6) is -0.118. The van der Waals surface area contributed by atoms with Crippen LogP contribution in [0.4, 0.5) is 0 Å². The van der Waals surface area contributed by atoms with Crippen LogP contribution in [0.15, 0.2) is 59.5 Å². The lowest BCUT2D eigenvalue weighted by atomic mass is 10.1.